The number of carbonyl (C=O) groups excluding carboxylic acids is 3. The molecule has 1 atom stereocenters. The van der Waals surface area contributed by atoms with Gasteiger partial charge in [0, 0.05) is 55.6 Å². The highest BCUT2D eigenvalue weighted by atomic mass is 16.5. The van der Waals surface area contributed by atoms with Crippen LogP contribution in [0.3, 0.4) is 0 Å². The van der Waals surface area contributed by atoms with Crippen LogP contribution in [0.15, 0.2) is 71.7 Å². The SMILES string of the molecule is COC(=O)c1ccc2c(C(=Nc3ccc4c(c3)C(C#N)CN4C(=O)CCC(=O)N(C)C)c3ccccc3)c(O)[nH]c2c1. The van der Waals surface area contributed by atoms with E-state index in [4.69, 9.17) is 9.73 Å². The first kappa shape index (κ1) is 28.1. The third kappa shape index (κ3) is 5.32. The number of carbonyl (C=O) groups is 3. The zero-order valence-electron chi connectivity index (χ0n) is 23.4. The van der Waals surface area contributed by atoms with E-state index in [0.29, 0.717) is 44.7 Å². The first-order valence-corrected chi connectivity index (χ1v) is 13.3. The molecule has 0 aliphatic carbocycles. The summed E-state index contributed by atoms with van der Waals surface area (Å²) in [7, 11) is 4.59. The molecule has 3 aromatic carbocycles. The summed E-state index contributed by atoms with van der Waals surface area (Å²) in [5, 5.41) is 21.6. The number of H-pyrrole nitrogens is 1. The first-order valence-electron chi connectivity index (χ1n) is 13.3. The van der Waals surface area contributed by atoms with Gasteiger partial charge in [-0.1, -0.05) is 36.4 Å². The molecule has 0 bridgehead atoms. The summed E-state index contributed by atoms with van der Waals surface area (Å²) in [6.45, 7) is 0.200. The molecule has 0 saturated carbocycles. The van der Waals surface area contributed by atoms with Gasteiger partial charge in [0.2, 0.25) is 11.8 Å². The second-order valence-corrected chi connectivity index (χ2v) is 10.1. The third-order valence-electron chi connectivity index (χ3n) is 7.28. The van der Waals surface area contributed by atoms with E-state index in [0.717, 1.165) is 5.56 Å². The number of ether oxygens (including phenoxy) is 1. The van der Waals surface area contributed by atoms with E-state index in [1.54, 1.807) is 55.4 Å². The fourth-order valence-electron chi connectivity index (χ4n) is 5.09. The lowest BCUT2D eigenvalue weighted by Gasteiger charge is -2.18. The lowest BCUT2D eigenvalue weighted by Crippen LogP contribution is -2.31. The molecule has 2 N–H and O–H groups in total. The molecule has 2 heterocycles. The number of aromatic amines is 1. The Balaban J connectivity index is 1.56. The van der Waals surface area contributed by atoms with Gasteiger partial charge in [-0.3, -0.25) is 9.59 Å². The number of amides is 2. The second-order valence-electron chi connectivity index (χ2n) is 10.1. The highest BCUT2D eigenvalue weighted by Gasteiger charge is 2.33. The van der Waals surface area contributed by atoms with Gasteiger partial charge in [-0.15, -0.1) is 0 Å². The summed E-state index contributed by atoms with van der Waals surface area (Å²) in [5.74, 6) is -1.52. The lowest BCUT2D eigenvalue weighted by molar-refractivity contribution is -0.130. The number of rotatable bonds is 7. The highest BCUT2D eigenvalue weighted by Crippen LogP contribution is 2.40. The number of anilines is 1. The van der Waals surface area contributed by atoms with Gasteiger partial charge in [-0.05, 0) is 35.9 Å². The molecule has 2 amide bonds. The molecule has 212 valence electrons. The van der Waals surface area contributed by atoms with Crippen molar-refractivity contribution >= 4 is 45.8 Å². The summed E-state index contributed by atoms with van der Waals surface area (Å²) in [6.07, 6.45) is 0.136. The minimum Gasteiger partial charge on any atom is -0.494 e. The maximum Gasteiger partial charge on any atom is 0.337 e. The summed E-state index contributed by atoms with van der Waals surface area (Å²) in [4.78, 5) is 47.9. The number of nitrogens with one attached hydrogen (secondary N) is 1. The Labute approximate surface area is 242 Å². The molecular weight excluding hydrogens is 534 g/mol. The molecule has 0 saturated heterocycles. The maximum absolute atomic E-state index is 13.0. The number of hydrogen-bond acceptors (Lipinski definition) is 7. The number of fused-ring (bicyclic) bond motifs is 2. The van der Waals surface area contributed by atoms with Gasteiger partial charge in [0.1, 0.15) is 0 Å². The molecule has 0 spiro atoms. The van der Waals surface area contributed by atoms with Crippen LogP contribution in [0, 0.1) is 11.3 Å². The number of nitrogens with zero attached hydrogens (tertiary/aromatic N) is 4. The molecule has 1 aliphatic heterocycles. The van der Waals surface area contributed by atoms with Gasteiger partial charge in [-0.2, -0.15) is 5.26 Å². The Morgan fingerprint density at radius 2 is 1.83 bits per heavy atom. The van der Waals surface area contributed by atoms with Crippen LogP contribution in [0.5, 0.6) is 5.88 Å². The van der Waals surface area contributed by atoms with E-state index in [2.05, 4.69) is 11.1 Å². The molecule has 10 nitrogen and oxygen atoms in total. The summed E-state index contributed by atoms with van der Waals surface area (Å²) in [5.41, 5.74) is 4.37. The fourth-order valence-corrected chi connectivity index (χ4v) is 5.09. The standard InChI is InChI=1S/C32H29N5O5/c1-36(2)27(38)13-14-28(39)37-18-21(17-33)24-16-22(10-12-26(24)37)34-30(19-7-5-4-6-8-19)29-23-11-9-20(32(41)42-3)15-25(23)35-31(29)40/h4-12,15-16,21,35,40H,13-14,18H2,1-3H3. The van der Waals surface area contributed by atoms with Crippen LogP contribution >= 0.6 is 0 Å². The molecule has 5 rings (SSSR count). The molecule has 1 unspecified atom stereocenters. The van der Waals surface area contributed by atoms with E-state index in [9.17, 15) is 24.8 Å². The molecule has 1 aromatic heterocycles. The lowest BCUT2D eigenvalue weighted by atomic mass is 9.99. The van der Waals surface area contributed by atoms with Gasteiger partial charge in [0.05, 0.1) is 41.6 Å². The van der Waals surface area contributed by atoms with Crippen molar-refractivity contribution in [2.24, 2.45) is 4.99 Å². The maximum atomic E-state index is 13.0. The Morgan fingerprint density at radius 1 is 1.07 bits per heavy atom. The molecule has 1 aliphatic rings. The molecule has 0 fully saturated rings. The van der Waals surface area contributed by atoms with Crippen LogP contribution in [0.25, 0.3) is 10.9 Å². The number of aliphatic imine (C=N–C) groups is 1. The van der Waals surface area contributed by atoms with Crippen molar-refractivity contribution in [2.75, 3.05) is 32.6 Å². The normalized spacial score (nSPS) is 14.4. The Morgan fingerprint density at radius 3 is 2.52 bits per heavy atom. The van der Waals surface area contributed by atoms with Crippen LogP contribution in [0.1, 0.15) is 45.8 Å². The van der Waals surface area contributed by atoms with Crippen LogP contribution < -0.4 is 4.90 Å². The van der Waals surface area contributed by atoms with Crippen LogP contribution in [0.2, 0.25) is 0 Å². The van der Waals surface area contributed by atoms with E-state index < -0.39 is 11.9 Å². The van der Waals surface area contributed by atoms with Crippen molar-refractivity contribution in [3.8, 4) is 11.9 Å². The number of benzene rings is 3. The number of aromatic hydroxyl groups is 1. The molecule has 4 aromatic rings. The smallest absolute Gasteiger partial charge is 0.337 e. The number of aromatic nitrogens is 1. The van der Waals surface area contributed by atoms with Crippen molar-refractivity contribution < 1.29 is 24.2 Å². The van der Waals surface area contributed by atoms with Crippen LogP contribution in [0.4, 0.5) is 11.4 Å². The van der Waals surface area contributed by atoms with Crippen molar-refractivity contribution in [3.63, 3.8) is 0 Å². The molecule has 42 heavy (non-hydrogen) atoms. The van der Waals surface area contributed by atoms with E-state index >= 15 is 0 Å². The number of hydrogen-bond donors (Lipinski definition) is 2. The number of methoxy groups -OCH3 is 1. The van der Waals surface area contributed by atoms with Gasteiger partial charge < -0.3 is 24.6 Å². The van der Waals surface area contributed by atoms with E-state index in [1.807, 2.05) is 30.3 Å². The van der Waals surface area contributed by atoms with Crippen molar-refractivity contribution in [1.29, 1.82) is 5.26 Å². The predicted molar refractivity (Wildman–Crippen MR) is 158 cm³/mol. The monoisotopic (exact) mass is 563 g/mol. The minimum absolute atomic E-state index is 0.0458. The van der Waals surface area contributed by atoms with E-state index in [1.165, 1.54) is 12.0 Å². The summed E-state index contributed by atoms with van der Waals surface area (Å²) in [6, 6.07) is 21.9. The summed E-state index contributed by atoms with van der Waals surface area (Å²) < 4.78 is 4.82. The minimum atomic E-state index is -0.554. The molecule has 10 heteroatoms. The van der Waals surface area contributed by atoms with Gasteiger partial charge in [0.25, 0.3) is 0 Å². The van der Waals surface area contributed by atoms with Gasteiger partial charge >= 0.3 is 5.97 Å². The van der Waals surface area contributed by atoms with Crippen molar-refractivity contribution in [1.82, 2.24) is 9.88 Å². The average Bonchev–Trinajstić information content (AvgIpc) is 3.54. The Kier molecular flexibility index (Phi) is 7.76. The second kappa shape index (κ2) is 11.6. The van der Waals surface area contributed by atoms with Crippen molar-refractivity contribution in [2.45, 2.75) is 18.8 Å². The third-order valence-corrected chi connectivity index (χ3v) is 7.28. The van der Waals surface area contributed by atoms with Gasteiger partial charge in [-0.25, -0.2) is 9.79 Å². The Hall–Kier alpha value is -5.43. The molecular formula is C32H29N5O5. The zero-order valence-corrected chi connectivity index (χ0v) is 23.4. The average molecular weight is 564 g/mol. The zero-order chi connectivity index (χ0) is 30.0. The molecule has 0 radical (unpaired) electrons. The summed E-state index contributed by atoms with van der Waals surface area (Å²) >= 11 is 0. The first-order chi connectivity index (χ1) is 20.2. The predicted octanol–water partition coefficient (Wildman–Crippen LogP) is 4.65. The van der Waals surface area contributed by atoms with Crippen LogP contribution in [-0.4, -0.2) is 66.2 Å². The van der Waals surface area contributed by atoms with Gasteiger partial charge in [0.15, 0.2) is 5.88 Å². The van der Waals surface area contributed by atoms with Crippen molar-refractivity contribution in [3.05, 3.63) is 89.0 Å². The topological polar surface area (TPSA) is 139 Å². The largest absolute Gasteiger partial charge is 0.494 e. The number of nitriles is 1. The fraction of sp³-hybridized carbons (Fsp3) is 0.219. The number of esters is 1. The quantitative estimate of drug-likeness (QED) is 0.248. The van der Waals surface area contributed by atoms with Crippen LogP contribution in [-0.2, 0) is 14.3 Å². The Bertz CT molecular complexity index is 1770. The highest BCUT2D eigenvalue weighted by molar-refractivity contribution is 6.22. The van der Waals surface area contributed by atoms with E-state index in [-0.39, 0.29) is 37.1 Å².